The predicted molar refractivity (Wildman–Crippen MR) is 124 cm³/mol. The summed E-state index contributed by atoms with van der Waals surface area (Å²) in [5, 5.41) is 6.07. The Morgan fingerprint density at radius 1 is 1.26 bits per heavy atom. The van der Waals surface area contributed by atoms with Gasteiger partial charge in [0.1, 0.15) is 17.1 Å². The number of nitrogens with one attached hydrogen (secondary N) is 1. The van der Waals surface area contributed by atoms with Gasteiger partial charge in [0.15, 0.2) is 5.13 Å². The van der Waals surface area contributed by atoms with Crippen LogP contribution in [0.3, 0.4) is 0 Å². The van der Waals surface area contributed by atoms with E-state index in [1.807, 2.05) is 55.6 Å². The standard InChI is InChI=1S/C24H22N2O4S/c1-4-29-17-7-5-16(6-8-17)20-14-30-22-13-21(28-3)18(12-19(20)22)15(2)11-23(27)26-24-25-9-10-31-24/h5-14H,4H2,1-3H3,(H,25,26,27)/b15-11+. The van der Waals surface area contributed by atoms with E-state index in [1.165, 1.54) is 11.3 Å². The first kappa shape index (κ1) is 20.7. The molecule has 158 valence electrons. The summed E-state index contributed by atoms with van der Waals surface area (Å²) >= 11 is 1.37. The van der Waals surface area contributed by atoms with Crippen molar-refractivity contribution in [2.24, 2.45) is 0 Å². The SMILES string of the molecule is CCOc1ccc(-c2coc3cc(OC)c(/C(C)=C/C(=O)Nc4nccs4)cc23)cc1. The van der Waals surface area contributed by atoms with Gasteiger partial charge in [0, 0.05) is 40.2 Å². The number of aromatic nitrogens is 1. The number of fused-ring (bicyclic) bond motifs is 1. The molecule has 4 aromatic rings. The van der Waals surface area contributed by atoms with E-state index in [0.717, 1.165) is 33.4 Å². The number of nitrogens with zero attached hydrogens (tertiary/aromatic N) is 1. The fraction of sp³-hybridized carbons (Fsp3) is 0.167. The van der Waals surface area contributed by atoms with E-state index in [1.54, 1.807) is 25.6 Å². The van der Waals surface area contributed by atoms with Crippen LogP contribution in [0.25, 0.3) is 27.7 Å². The Hall–Kier alpha value is -3.58. The number of allylic oxidation sites excluding steroid dienone is 1. The lowest BCUT2D eigenvalue weighted by Gasteiger charge is -2.10. The van der Waals surface area contributed by atoms with Crippen LogP contribution in [0.4, 0.5) is 5.13 Å². The van der Waals surface area contributed by atoms with Crippen LogP contribution >= 0.6 is 11.3 Å². The molecular weight excluding hydrogens is 412 g/mol. The second kappa shape index (κ2) is 9.06. The molecular formula is C24H22N2O4S. The number of thiazole rings is 1. The Labute approximate surface area is 184 Å². The summed E-state index contributed by atoms with van der Waals surface area (Å²) < 4.78 is 16.9. The molecule has 0 spiro atoms. The summed E-state index contributed by atoms with van der Waals surface area (Å²) in [6.45, 7) is 4.46. The van der Waals surface area contributed by atoms with Gasteiger partial charge in [-0.1, -0.05) is 12.1 Å². The quantitative estimate of drug-likeness (QED) is 0.361. The molecule has 0 fully saturated rings. The summed E-state index contributed by atoms with van der Waals surface area (Å²) in [6, 6.07) is 11.7. The number of rotatable bonds is 7. The van der Waals surface area contributed by atoms with Gasteiger partial charge in [-0.05, 0) is 43.2 Å². The molecule has 6 nitrogen and oxygen atoms in total. The van der Waals surface area contributed by atoms with Crippen LogP contribution in [0.1, 0.15) is 19.4 Å². The third-order valence-electron chi connectivity index (χ3n) is 4.81. The minimum absolute atomic E-state index is 0.242. The van der Waals surface area contributed by atoms with E-state index in [4.69, 9.17) is 13.9 Å². The van der Waals surface area contributed by atoms with Crippen LogP contribution in [-0.4, -0.2) is 24.6 Å². The summed E-state index contributed by atoms with van der Waals surface area (Å²) in [5.74, 6) is 1.22. The third kappa shape index (κ3) is 4.46. The molecule has 0 atom stereocenters. The maximum Gasteiger partial charge on any atom is 0.250 e. The molecule has 0 saturated carbocycles. The zero-order valence-electron chi connectivity index (χ0n) is 17.5. The maximum atomic E-state index is 12.4. The molecule has 7 heteroatoms. The average molecular weight is 435 g/mol. The fourth-order valence-corrected chi connectivity index (χ4v) is 3.89. The molecule has 4 rings (SSSR count). The van der Waals surface area contributed by atoms with E-state index >= 15 is 0 Å². The Kier molecular flexibility index (Phi) is 6.04. The second-order valence-corrected chi connectivity index (χ2v) is 7.70. The summed E-state index contributed by atoms with van der Waals surface area (Å²) in [4.78, 5) is 16.5. The number of carbonyl (C=O) groups excluding carboxylic acids is 1. The van der Waals surface area contributed by atoms with Crippen molar-refractivity contribution in [2.45, 2.75) is 13.8 Å². The number of furan rings is 1. The van der Waals surface area contributed by atoms with Crippen LogP contribution in [0.15, 0.2) is 64.7 Å². The van der Waals surface area contributed by atoms with E-state index in [-0.39, 0.29) is 5.91 Å². The van der Waals surface area contributed by atoms with Crippen molar-refractivity contribution in [3.05, 3.63) is 65.9 Å². The topological polar surface area (TPSA) is 73.6 Å². The highest BCUT2D eigenvalue weighted by Crippen LogP contribution is 2.37. The molecule has 0 aliphatic rings. The molecule has 0 aliphatic heterocycles. The number of hydrogen-bond donors (Lipinski definition) is 1. The van der Waals surface area contributed by atoms with Gasteiger partial charge in [-0.25, -0.2) is 4.98 Å². The van der Waals surface area contributed by atoms with E-state index in [0.29, 0.717) is 23.1 Å². The van der Waals surface area contributed by atoms with Gasteiger partial charge >= 0.3 is 0 Å². The molecule has 0 radical (unpaired) electrons. The van der Waals surface area contributed by atoms with Gasteiger partial charge in [0.25, 0.3) is 0 Å². The summed E-state index contributed by atoms with van der Waals surface area (Å²) in [5.41, 5.74) is 4.28. The van der Waals surface area contributed by atoms with Gasteiger partial charge in [-0.15, -0.1) is 11.3 Å². The first-order chi connectivity index (χ1) is 15.1. The zero-order valence-corrected chi connectivity index (χ0v) is 18.3. The smallest absolute Gasteiger partial charge is 0.250 e. The predicted octanol–water partition coefficient (Wildman–Crippen LogP) is 6.01. The Morgan fingerprint density at radius 2 is 2.06 bits per heavy atom. The van der Waals surface area contributed by atoms with Crippen molar-refractivity contribution < 1.29 is 18.7 Å². The van der Waals surface area contributed by atoms with Gasteiger partial charge < -0.3 is 13.9 Å². The van der Waals surface area contributed by atoms with Gasteiger partial charge in [0.2, 0.25) is 5.91 Å². The van der Waals surface area contributed by atoms with Crippen molar-refractivity contribution in [2.75, 3.05) is 19.0 Å². The number of carbonyl (C=O) groups is 1. The monoisotopic (exact) mass is 434 g/mol. The highest BCUT2D eigenvalue weighted by Gasteiger charge is 2.15. The molecule has 2 aromatic carbocycles. The van der Waals surface area contributed by atoms with Gasteiger partial charge in [0.05, 0.1) is 20.0 Å². The molecule has 1 N–H and O–H groups in total. The lowest BCUT2D eigenvalue weighted by molar-refractivity contribution is -0.111. The van der Waals surface area contributed by atoms with Crippen molar-refractivity contribution in [3.8, 4) is 22.6 Å². The molecule has 2 aromatic heterocycles. The minimum atomic E-state index is -0.242. The summed E-state index contributed by atoms with van der Waals surface area (Å²) in [7, 11) is 1.60. The van der Waals surface area contributed by atoms with Crippen molar-refractivity contribution in [1.82, 2.24) is 4.98 Å². The van der Waals surface area contributed by atoms with Crippen LogP contribution in [0.5, 0.6) is 11.5 Å². The van der Waals surface area contributed by atoms with Gasteiger partial charge in [-0.3, -0.25) is 10.1 Å². The van der Waals surface area contributed by atoms with Crippen LogP contribution < -0.4 is 14.8 Å². The van der Waals surface area contributed by atoms with Crippen molar-refractivity contribution >= 4 is 38.9 Å². The zero-order chi connectivity index (χ0) is 21.8. The highest BCUT2D eigenvalue weighted by molar-refractivity contribution is 7.13. The fourth-order valence-electron chi connectivity index (χ4n) is 3.35. The Bertz CT molecular complexity index is 1220. The number of benzene rings is 2. The summed E-state index contributed by atoms with van der Waals surface area (Å²) in [6.07, 6.45) is 4.93. The Morgan fingerprint density at radius 3 is 2.74 bits per heavy atom. The normalized spacial score (nSPS) is 11.5. The largest absolute Gasteiger partial charge is 0.496 e. The second-order valence-electron chi connectivity index (χ2n) is 6.81. The number of methoxy groups -OCH3 is 1. The van der Waals surface area contributed by atoms with Crippen LogP contribution in [0.2, 0.25) is 0 Å². The number of ether oxygens (including phenoxy) is 2. The lowest BCUT2D eigenvalue weighted by atomic mass is 9.99. The van der Waals surface area contributed by atoms with E-state index < -0.39 is 0 Å². The lowest BCUT2D eigenvalue weighted by Crippen LogP contribution is -2.08. The molecule has 2 heterocycles. The minimum Gasteiger partial charge on any atom is -0.496 e. The molecule has 0 unspecified atom stereocenters. The molecule has 0 saturated heterocycles. The first-order valence-corrected chi connectivity index (χ1v) is 10.7. The number of hydrogen-bond acceptors (Lipinski definition) is 6. The number of anilines is 1. The third-order valence-corrected chi connectivity index (χ3v) is 5.50. The molecule has 31 heavy (non-hydrogen) atoms. The molecule has 1 amide bonds. The molecule has 0 bridgehead atoms. The van der Waals surface area contributed by atoms with Crippen LogP contribution in [0, 0.1) is 0 Å². The highest BCUT2D eigenvalue weighted by atomic mass is 32.1. The van der Waals surface area contributed by atoms with Crippen molar-refractivity contribution in [3.63, 3.8) is 0 Å². The number of amides is 1. The molecule has 0 aliphatic carbocycles. The van der Waals surface area contributed by atoms with Crippen molar-refractivity contribution in [1.29, 1.82) is 0 Å². The average Bonchev–Trinajstić information content (AvgIpc) is 3.43. The van der Waals surface area contributed by atoms with E-state index in [2.05, 4.69) is 10.3 Å². The first-order valence-electron chi connectivity index (χ1n) is 9.80. The van der Waals surface area contributed by atoms with E-state index in [9.17, 15) is 4.79 Å². The van der Waals surface area contributed by atoms with Gasteiger partial charge in [-0.2, -0.15) is 0 Å². The van der Waals surface area contributed by atoms with Crippen LogP contribution in [-0.2, 0) is 4.79 Å². The maximum absolute atomic E-state index is 12.4. The Balaban J connectivity index is 1.70.